The molecular weight excluding hydrogens is 426 g/mol. The number of benzene rings is 3. The maximum atomic E-state index is 12.8. The Morgan fingerprint density at radius 1 is 0.794 bits per heavy atom. The van der Waals surface area contributed by atoms with Crippen molar-refractivity contribution in [2.45, 2.75) is 13.0 Å². The first kappa shape index (κ1) is 23.8. The van der Waals surface area contributed by atoms with E-state index < -0.39 is 0 Å². The van der Waals surface area contributed by atoms with Crippen LogP contribution in [-0.4, -0.2) is 62.7 Å². The van der Waals surface area contributed by atoms with Gasteiger partial charge in [0.15, 0.2) is 11.5 Å². The van der Waals surface area contributed by atoms with Crippen LogP contribution in [0.25, 0.3) is 0 Å². The van der Waals surface area contributed by atoms with Crippen molar-refractivity contribution in [2.24, 2.45) is 0 Å². The van der Waals surface area contributed by atoms with Gasteiger partial charge in [-0.05, 0) is 41.3 Å². The fourth-order valence-electron chi connectivity index (χ4n) is 4.35. The third kappa shape index (κ3) is 6.37. The van der Waals surface area contributed by atoms with Gasteiger partial charge >= 0.3 is 0 Å². The number of anilines is 1. The summed E-state index contributed by atoms with van der Waals surface area (Å²) in [6.45, 7) is 4.84. The van der Waals surface area contributed by atoms with Crippen molar-refractivity contribution in [2.75, 3.05) is 52.3 Å². The number of carbonyl (C=O) groups is 1. The standard InChI is InChI=1S/C28H33N3O3/c1-33-26-13-12-23(19-27(26)34-2)20-30-14-16-31(17-15-30)21-28(32)29-25-11-7-6-10-24(25)18-22-8-4-3-5-9-22/h3-13,19H,14-18,20-21H2,1-2H3,(H,29,32). The van der Waals surface area contributed by atoms with Crippen molar-refractivity contribution in [1.29, 1.82) is 0 Å². The number of rotatable bonds is 9. The highest BCUT2D eigenvalue weighted by molar-refractivity contribution is 5.93. The summed E-state index contributed by atoms with van der Waals surface area (Å²) in [6, 6.07) is 24.4. The Hall–Kier alpha value is -3.35. The third-order valence-corrected chi connectivity index (χ3v) is 6.22. The van der Waals surface area contributed by atoms with Crippen molar-refractivity contribution in [3.05, 3.63) is 89.5 Å². The fourth-order valence-corrected chi connectivity index (χ4v) is 4.35. The minimum Gasteiger partial charge on any atom is -0.493 e. The molecule has 1 amide bonds. The zero-order valence-electron chi connectivity index (χ0n) is 20.0. The largest absolute Gasteiger partial charge is 0.493 e. The van der Waals surface area contributed by atoms with E-state index in [1.807, 2.05) is 48.5 Å². The van der Waals surface area contributed by atoms with Gasteiger partial charge in [-0.25, -0.2) is 0 Å². The van der Waals surface area contributed by atoms with Crippen LogP contribution in [0.4, 0.5) is 5.69 Å². The van der Waals surface area contributed by atoms with Crippen LogP contribution in [0, 0.1) is 0 Å². The molecule has 1 N–H and O–H groups in total. The van der Waals surface area contributed by atoms with E-state index in [4.69, 9.17) is 9.47 Å². The molecular formula is C28H33N3O3. The number of hydrogen-bond acceptors (Lipinski definition) is 5. The van der Waals surface area contributed by atoms with Gasteiger partial charge in [0.2, 0.25) is 5.91 Å². The lowest BCUT2D eigenvalue weighted by atomic mass is 10.0. The summed E-state index contributed by atoms with van der Waals surface area (Å²) in [5.74, 6) is 1.53. The number of carbonyl (C=O) groups excluding carboxylic acids is 1. The second-order valence-electron chi connectivity index (χ2n) is 8.61. The molecule has 0 atom stereocenters. The molecule has 0 aliphatic carbocycles. The second kappa shape index (κ2) is 11.7. The normalized spacial score (nSPS) is 14.5. The zero-order valence-corrected chi connectivity index (χ0v) is 20.0. The molecule has 1 aliphatic rings. The van der Waals surface area contributed by atoms with E-state index in [0.717, 1.165) is 61.9 Å². The zero-order chi connectivity index (χ0) is 23.8. The van der Waals surface area contributed by atoms with E-state index in [2.05, 4.69) is 39.4 Å². The number of para-hydroxylation sites is 1. The minimum absolute atomic E-state index is 0.0360. The van der Waals surface area contributed by atoms with E-state index >= 15 is 0 Å². The lowest BCUT2D eigenvalue weighted by Gasteiger charge is -2.34. The van der Waals surface area contributed by atoms with Crippen LogP contribution in [0.5, 0.6) is 11.5 Å². The molecule has 6 heteroatoms. The number of amides is 1. The molecule has 0 aromatic heterocycles. The predicted molar refractivity (Wildman–Crippen MR) is 136 cm³/mol. The molecule has 0 bridgehead atoms. The third-order valence-electron chi connectivity index (χ3n) is 6.22. The Kier molecular flexibility index (Phi) is 8.17. The van der Waals surface area contributed by atoms with Gasteiger partial charge in [-0.2, -0.15) is 0 Å². The Labute approximate surface area is 202 Å². The lowest BCUT2D eigenvalue weighted by Crippen LogP contribution is -2.48. The Morgan fingerprint density at radius 3 is 2.21 bits per heavy atom. The summed E-state index contributed by atoms with van der Waals surface area (Å²) in [4.78, 5) is 17.4. The summed E-state index contributed by atoms with van der Waals surface area (Å²) in [5, 5.41) is 3.13. The van der Waals surface area contributed by atoms with Gasteiger partial charge in [-0.15, -0.1) is 0 Å². The van der Waals surface area contributed by atoms with E-state index in [1.54, 1.807) is 14.2 Å². The van der Waals surface area contributed by atoms with Crippen LogP contribution in [-0.2, 0) is 17.8 Å². The molecule has 0 spiro atoms. The Bertz CT molecular complexity index is 1080. The van der Waals surface area contributed by atoms with Crippen molar-refractivity contribution in [3.63, 3.8) is 0 Å². The maximum Gasteiger partial charge on any atom is 0.238 e. The van der Waals surface area contributed by atoms with Gasteiger partial charge < -0.3 is 14.8 Å². The molecule has 34 heavy (non-hydrogen) atoms. The molecule has 0 radical (unpaired) electrons. The van der Waals surface area contributed by atoms with Gasteiger partial charge in [0.25, 0.3) is 0 Å². The number of methoxy groups -OCH3 is 2. The first-order valence-corrected chi connectivity index (χ1v) is 11.7. The molecule has 4 rings (SSSR count). The minimum atomic E-state index is 0.0360. The van der Waals surface area contributed by atoms with Crippen molar-refractivity contribution in [3.8, 4) is 11.5 Å². The number of ether oxygens (including phenoxy) is 2. The summed E-state index contributed by atoms with van der Waals surface area (Å²) in [7, 11) is 3.31. The molecule has 6 nitrogen and oxygen atoms in total. The van der Waals surface area contributed by atoms with Gasteiger partial charge in [0, 0.05) is 38.4 Å². The molecule has 0 unspecified atom stereocenters. The van der Waals surface area contributed by atoms with Gasteiger partial charge in [0.05, 0.1) is 20.8 Å². The SMILES string of the molecule is COc1ccc(CN2CCN(CC(=O)Nc3ccccc3Cc3ccccc3)CC2)cc1OC. The van der Waals surface area contributed by atoms with E-state index in [1.165, 1.54) is 11.1 Å². The van der Waals surface area contributed by atoms with Crippen molar-refractivity contribution < 1.29 is 14.3 Å². The molecule has 0 saturated carbocycles. The molecule has 1 aliphatic heterocycles. The molecule has 3 aromatic carbocycles. The first-order valence-electron chi connectivity index (χ1n) is 11.7. The first-order chi connectivity index (χ1) is 16.6. The van der Waals surface area contributed by atoms with Crippen molar-refractivity contribution in [1.82, 2.24) is 9.80 Å². The quantitative estimate of drug-likeness (QED) is 0.523. The Morgan fingerprint density at radius 2 is 1.47 bits per heavy atom. The molecule has 1 heterocycles. The van der Waals surface area contributed by atoms with Gasteiger partial charge in [-0.3, -0.25) is 14.6 Å². The monoisotopic (exact) mass is 459 g/mol. The molecule has 178 valence electrons. The lowest BCUT2D eigenvalue weighted by molar-refractivity contribution is -0.117. The number of hydrogen-bond donors (Lipinski definition) is 1. The van der Waals surface area contributed by atoms with Crippen LogP contribution < -0.4 is 14.8 Å². The van der Waals surface area contributed by atoms with Gasteiger partial charge in [-0.1, -0.05) is 54.6 Å². The van der Waals surface area contributed by atoms with Crippen LogP contribution >= 0.6 is 0 Å². The van der Waals surface area contributed by atoms with E-state index in [9.17, 15) is 4.79 Å². The Balaban J connectivity index is 1.27. The second-order valence-corrected chi connectivity index (χ2v) is 8.61. The van der Waals surface area contributed by atoms with Crippen molar-refractivity contribution >= 4 is 11.6 Å². The molecule has 1 saturated heterocycles. The number of nitrogens with zero attached hydrogens (tertiary/aromatic N) is 2. The average Bonchev–Trinajstić information content (AvgIpc) is 2.87. The summed E-state index contributed by atoms with van der Waals surface area (Å²) in [5.41, 5.74) is 4.44. The molecule has 1 fully saturated rings. The van der Waals surface area contributed by atoms with E-state index in [-0.39, 0.29) is 5.91 Å². The highest BCUT2D eigenvalue weighted by atomic mass is 16.5. The van der Waals surface area contributed by atoms with E-state index in [0.29, 0.717) is 6.54 Å². The number of nitrogens with one attached hydrogen (secondary N) is 1. The highest BCUT2D eigenvalue weighted by Gasteiger charge is 2.20. The number of piperazine rings is 1. The van der Waals surface area contributed by atoms with Crippen LogP contribution in [0.1, 0.15) is 16.7 Å². The van der Waals surface area contributed by atoms with Crippen LogP contribution in [0.3, 0.4) is 0 Å². The summed E-state index contributed by atoms with van der Waals surface area (Å²) < 4.78 is 10.7. The highest BCUT2D eigenvalue weighted by Crippen LogP contribution is 2.28. The predicted octanol–water partition coefficient (Wildman–Crippen LogP) is 4.05. The molecule has 3 aromatic rings. The fraction of sp³-hybridized carbons (Fsp3) is 0.321. The van der Waals surface area contributed by atoms with Gasteiger partial charge in [0.1, 0.15) is 0 Å². The topological polar surface area (TPSA) is 54.0 Å². The summed E-state index contributed by atoms with van der Waals surface area (Å²) in [6.07, 6.45) is 0.798. The smallest absolute Gasteiger partial charge is 0.238 e. The maximum absolute atomic E-state index is 12.8. The van der Waals surface area contributed by atoms with Crippen LogP contribution in [0.2, 0.25) is 0 Å². The average molecular weight is 460 g/mol. The van der Waals surface area contributed by atoms with Crippen LogP contribution in [0.15, 0.2) is 72.8 Å². The summed E-state index contributed by atoms with van der Waals surface area (Å²) >= 11 is 0.